The molecule has 0 atom stereocenters. The van der Waals surface area contributed by atoms with Crippen molar-refractivity contribution < 1.29 is 0 Å². The second-order valence-corrected chi connectivity index (χ2v) is 18.4. The first kappa shape index (κ1) is 40.9. The van der Waals surface area contributed by atoms with E-state index in [-0.39, 0.29) is 11.8 Å². The van der Waals surface area contributed by atoms with Gasteiger partial charge in [0.15, 0.2) is 0 Å². The first-order valence-corrected chi connectivity index (χ1v) is 22.9. The van der Waals surface area contributed by atoms with E-state index in [1.807, 2.05) is 0 Å². The number of anilines is 6. The topological polar surface area (TPSA) is 6.48 Å². The van der Waals surface area contributed by atoms with Gasteiger partial charge in [-0.25, -0.2) is 0 Å². The average Bonchev–Trinajstić information content (AvgIpc) is 3.31. The molecule has 0 N–H and O–H groups in total. The van der Waals surface area contributed by atoms with E-state index >= 15 is 0 Å². The van der Waals surface area contributed by atoms with Crippen molar-refractivity contribution in [3.63, 3.8) is 0 Å². The maximum atomic E-state index is 2.53. The van der Waals surface area contributed by atoms with E-state index in [0.717, 1.165) is 11.4 Å². The summed E-state index contributed by atoms with van der Waals surface area (Å²) in [5.74, 6) is 0.577. The summed E-state index contributed by atoms with van der Waals surface area (Å²) in [6.07, 6.45) is 0. The minimum absolute atomic E-state index is 0.288. The Morgan fingerprint density at radius 2 is 0.672 bits per heavy atom. The maximum Gasteiger partial charge on any atom is 0.0543 e. The van der Waals surface area contributed by atoms with Gasteiger partial charge in [0.25, 0.3) is 0 Å². The van der Waals surface area contributed by atoms with Crippen LogP contribution in [0.3, 0.4) is 0 Å². The van der Waals surface area contributed by atoms with Gasteiger partial charge in [-0.2, -0.15) is 0 Å². The van der Waals surface area contributed by atoms with Crippen LogP contribution in [0.25, 0.3) is 54.6 Å². The minimum Gasteiger partial charge on any atom is -0.310 e. The van der Waals surface area contributed by atoms with Gasteiger partial charge in [0.1, 0.15) is 0 Å². The van der Waals surface area contributed by atoms with Gasteiger partial charge < -0.3 is 9.80 Å². The van der Waals surface area contributed by atoms with E-state index in [2.05, 4.69) is 247 Å². The van der Waals surface area contributed by atoms with Crippen LogP contribution in [0, 0.1) is 27.7 Å². The van der Waals surface area contributed by atoms with Crippen LogP contribution in [0.15, 0.2) is 182 Å². The summed E-state index contributed by atoms with van der Waals surface area (Å²) in [7, 11) is 0. The van der Waals surface area contributed by atoms with Gasteiger partial charge in [0.2, 0.25) is 0 Å². The van der Waals surface area contributed by atoms with Gasteiger partial charge in [-0.3, -0.25) is 0 Å². The van der Waals surface area contributed by atoms with Crippen LogP contribution in [0.4, 0.5) is 34.1 Å². The van der Waals surface area contributed by atoms with E-state index in [0.29, 0.717) is 0 Å². The van der Waals surface area contributed by atoms with Crippen molar-refractivity contribution in [1.29, 1.82) is 0 Å². The van der Waals surface area contributed by atoms with E-state index in [1.165, 1.54) is 111 Å². The molecule has 10 rings (SSSR count). The van der Waals surface area contributed by atoms with Crippen molar-refractivity contribution in [3.05, 3.63) is 215 Å². The average molecular weight is 829 g/mol. The van der Waals surface area contributed by atoms with Crippen molar-refractivity contribution in [2.45, 2.75) is 67.2 Å². The Morgan fingerprint density at radius 3 is 1.03 bits per heavy atom. The summed E-state index contributed by atoms with van der Waals surface area (Å²) < 4.78 is 0. The first-order valence-electron chi connectivity index (χ1n) is 22.9. The Hall–Kier alpha value is -7.16. The van der Waals surface area contributed by atoms with Crippen molar-refractivity contribution in [2.24, 2.45) is 0 Å². The molecular formula is C62H56N2. The zero-order valence-corrected chi connectivity index (χ0v) is 38.4. The standard InChI is InChI=1S/C62H56N2/c1-39(2)55-37-59(63(49-27-19-41(5)20-28-49)57-35-47(25-23-43(57)7)45-15-11-9-12-16-45)53-34-32-52-56(40(3)4)38-60(54-33-31-51(55)61(53)62(52)54)64(50-29-21-42(6)22-30-50)58-36-48(26-24-44(58)8)46-17-13-10-14-18-46/h9-40H,1-8H3. The summed E-state index contributed by atoms with van der Waals surface area (Å²) in [5.41, 5.74) is 19.5. The lowest BCUT2D eigenvalue weighted by Crippen LogP contribution is -2.14. The van der Waals surface area contributed by atoms with Crippen LogP contribution in [0.5, 0.6) is 0 Å². The van der Waals surface area contributed by atoms with Gasteiger partial charge in [-0.1, -0.05) is 172 Å². The Balaban J connectivity index is 1.31. The Kier molecular flexibility index (Phi) is 10.6. The highest BCUT2D eigenvalue weighted by Gasteiger charge is 2.27. The van der Waals surface area contributed by atoms with Crippen LogP contribution < -0.4 is 9.80 Å². The molecule has 2 heteroatoms. The predicted molar refractivity (Wildman–Crippen MR) is 278 cm³/mol. The molecule has 0 unspecified atom stereocenters. The number of aryl methyl sites for hydroxylation is 4. The maximum absolute atomic E-state index is 2.53. The van der Waals surface area contributed by atoms with Crippen molar-refractivity contribution >= 4 is 66.4 Å². The van der Waals surface area contributed by atoms with Crippen LogP contribution >= 0.6 is 0 Å². The Labute approximate surface area is 379 Å². The number of hydrogen-bond donors (Lipinski definition) is 0. The molecule has 2 nitrogen and oxygen atoms in total. The van der Waals surface area contributed by atoms with E-state index in [4.69, 9.17) is 0 Å². The molecule has 0 amide bonds. The fraction of sp³-hybridized carbons (Fsp3) is 0.161. The zero-order valence-electron chi connectivity index (χ0n) is 38.4. The molecule has 0 fully saturated rings. The molecular weight excluding hydrogens is 773 g/mol. The summed E-state index contributed by atoms with van der Waals surface area (Å²) >= 11 is 0. The lowest BCUT2D eigenvalue weighted by atomic mass is 9.84. The van der Waals surface area contributed by atoms with Gasteiger partial charge in [0, 0.05) is 33.5 Å². The minimum atomic E-state index is 0.288. The largest absolute Gasteiger partial charge is 0.310 e. The molecule has 0 aliphatic rings. The molecule has 0 heterocycles. The highest BCUT2D eigenvalue weighted by molar-refractivity contribution is 6.29. The lowest BCUT2D eigenvalue weighted by Gasteiger charge is -2.33. The van der Waals surface area contributed by atoms with Crippen LogP contribution in [-0.4, -0.2) is 0 Å². The number of rotatable bonds is 10. The summed E-state index contributed by atoms with van der Waals surface area (Å²) in [6, 6.07) is 68.2. The summed E-state index contributed by atoms with van der Waals surface area (Å²) in [4.78, 5) is 5.06. The molecule has 0 radical (unpaired) electrons. The smallest absolute Gasteiger partial charge is 0.0543 e. The number of hydrogen-bond acceptors (Lipinski definition) is 2. The monoisotopic (exact) mass is 828 g/mol. The van der Waals surface area contributed by atoms with Gasteiger partial charge in [-0.15, -0.1) is 0 Å². The normalized spacial score (nSPS) is 11.7. The molecule has 0 bridgehead atoms. The van der Waals surface area contributed by atoms with E-state index in [1.54, 1.807) is 0 Å². The van der Waals surface area contributed by atoms with Crippen LogP contribution in [0.1, 0.15) is 72.9 Å². The highest BCUT2D eigenvalue weighted by atomic mass is 15.2. The van der Waals surface area contributed by atoms with Gasteiger partial charge in [0.05, 0.1) is 11.4 Å². The molecule has 0 saturated heterocycles. The van der Waals surface area contributed by atoms with E-state index in [9.17, 15) is 0 Å². The third-order valence-corrected chi connectivity index (χ3v) is 13.3. The molecule has 0 aliphatic carbocycles. The third-order valence-electron chi connectivity index (χ3n) is 13.3. The highest BCUT2D eigenvalue weighted by Crippen LogP contribution is 2.52. The summed E-state index contributed by atoms with van der Waals surface area (Å²) in [6.45, 7) is 18.2. The zero-order chi connectivity index (χ0) is 44.2. The molecule has 0 aliphatic heterocycles. The van der Waals surface area contributed by atoms with Gasteiger partial charge >= 0.3 is 0 Å². The van der Waals surface area contributed by atoms with Crippen molar-refractivity contribution in [3.8, 4) is 22.3 Å². The Morgan fingerprint density at radius 1 is 0.312 bits per heavy atom. The molecule has 64 heavy (non-hydrogen) atoms. The second kappa shape index (κ2) is 16.5. The number of nitrogens with zero attached hydrogens (tertiary/aromatic N) is 2. The van der Waals surface area contributed by atoms with Crippen molar-refractivity contribution in [2.75, 3.05) is 9.80 Å². The SMILES string of the molecule is Cc1ccc(N(c2cc(-c3ccccc3)ccc2C)c2cc(C(C)C)c3ccc4c(N(c5ccc(C)cc5)c5cc(-c6ccccc6)ccc5C)cc(C(C)C)c5ccc2c3c54)cc1. The second-order valence-electron chi connectivity index (χ2n) is 18.4. The van der Waals surface area contributed by atoms with Gasteiger partial charge in [-0.05, 0) is 154 Å². The molecule has 10 aromatic carbocycles. The molecule has 0 saturated carbocycles. The van der Waals surface area contributed by atoms with E-state index < -0.39 is 0 Å². The van der Waals surface area contributed by atoms with Crippen molar-refractivity contribution in [1.82, 2.24) is 0 Å². The van der Waals surface area contributed by atoms with Crippen LogP contribution in [0.2, 0.25) is 0 Å². The predicted octanol–water partition coefficient (Wildman–Crippen LogP) is 18.3. The first-order chi connectivity index (χ1) is 31.0. The Bertz CT molecular complexity index is 3060. The molecule has 314 valence electrons. The lowest BCUT2D eigenvalue weighted by molar-refractivity contribution is 0.875. The third kappa shape index (κ3) is 7.18. The fourth-order valence-electron chi connectivity index (χ4n) is 9.86. The van der Waals surface area contributed by atoms with Crippen LogP contribution in [-0.2, 0) is 0 Å². The number of benzene rings is 10. The molecule has 0 spiro atoms. The summed E-state index contributed by atoms with van der Waals surface area (Å²) in [5, 5.41) is 7.79. The fourth-order valence-corrected chi connectivity index (χ4v) is 9.86. The molecule has 10 aromatic rings. The molecule has 0 aromatic heterocycles. The quantitative estimate of drug-likeness (QED) is 0.127.